The van der Waals surface area contributed by atoms with Gasteiger partial charge in [0.2, 0.25) is 5.91 Å². The number of benzene rings is 1. The highest BCUT2D eigenvalue weighted by molar-refractivity contribution is 5.97. The summed E-state index contributed by atoms with van der Waals surface area (Å²) >= 11 is 0. The lowest BCUT2D eigenvalue weighted by molar-refractivity contribution is -0.121. The number of piperidine rings is 1. The van der Waals surface area contributed by atoms with Gasteiger partial charge in [0.25, 0.3) is 5.91 Å². The summed E-state index contributed by atoms with van der Waals surface area (Å²) in [5.41, 5.74) is 1.17. The van der Waals surface area contributed by atoms with Gasteiger partial charge in [0, 0.05) is 51.5 Å². The van der Waals surface area contributed by atoms with E-state index in [2.05, 4.69) is 5.32 Å². The number of hydrogen-bond acceptors (Lipinski definition) is 3. The Kier molecular flexibility index (Phi) is 7.21. The van der Waals surface area contributed by atoms with Gasteiger partial charge in [-0.25, -0.2) is 4.79 Å². The third-order valence-corrected chi connectivity index (χ3v) is 4.87. The van der Waals surface area contributed by atoms with Crippen molar-refractivity contribution < 1.29 is 14.4 Å². The maximum Gasteiger partial charge on any atom is 0.319 e. The van der Waals surface area contributed by atoms with Gasteiger partial charge >= 0.3 is 6.03 Å². The summed E-state index contributed by atoms with van der Waals surface area (Å²) in [4.78, 5) is 42.3. The minimum absolute atomic E-state index is 0.0449. The average Bonchev–Trinajstić information content (AvgIpc) is 2.68. The summed E-state index contributed by atoms with van der Waals surface area (Å²) in [5, 5.41) is 2.91. The molecule has 27 heavy (non-hydrogen) atoms. The number of nitrogens with one attached hydrogen (secondary N) is 1. The zero-order valence-electron chi connectivity index (χ0n) is 16.7. The molecule has 1 heterocycles. The summed E-state index contributed by atoms with van der Waals surface area (Å²) in [6, 6.07) is 6.95. The molecule has 1 atom stereocenters. The summed E-state index contributed by atoms with van der Waals surface area (Å²) in [5.74, 6) is -0.403. The minimum atomic E-state index is -0.246. The van der Waals surface area contributed by atoms with Crippen LogP contribution in [-0.4, -0.2) is 72.8 Å². The van der Waals surface area contributed by atoms with Gasteiger partial charge in [-0.05, 0) is 44.9 Å². The van der Waals surface area contributed by atoms with Crippen LogP contribution in [0, 0.1) is 5.92 Å². The Balaban J connectivity index is 2.04. The van der Waals surface area contributed by atoms with Crippen molar-refractivity contribution in [3.63, 3.8) is 0 Å². The van der Waals surface area contributed by atoms with E-state index in [0.29, 0.717) is 37.4 Å². The molecule has 2 rings (SSSR count). The van der Waals surface area contributed by atoms with E-state index in [-0.39, 0.29) is 23.8 Å². The van der Waals surface area contributed by atoms with Gasteiger partial charge in [0.1, 0.15) is 0 Å². The standard InChI is InChI=1S/C20H30N4O3/c1-5-23(6-2)19(26)15-9-7-11-17(13-15)21-18(25)16-10-8-12-24(14-16)20(27)22(3)4/h7,9,11,13,16H,5-6,8,10,12,14H2,1-4H3,(H,21,25)/t16-/m1/s1. The van der Waals surface area contributed by atoms with E-state index in [4.69, 9.17) is 0 Å². The molecule has 148 valence electrons. The molecule has 0 bridgehead atoms. The highest BCUT2D eigenvalue weighted by Crippen LogP contribution is 2.20. The van der Waals surface area contributed by atoms with Crippen LogP contribution < -0.4 is 5.32 Å². The highest BCUT2D eigenvalue weighted by Gasteiger charge is 2.29. The Bertz CT molecular complexity index is 686. The SMILES string of the molecule is CCN(CC)C(=O)c1cccc(NC(=O)[C@@H]2CCCN(C(=O)N(C)C)C2)c1. The maximum atomic E-state index is 12.7. The Morgan fingerprint density at radius 1 is 1.19 bits per heavy atom. The Hall–Kier alpha value is -2.57. The number of hydrogen-bond donors (Lipinski definition) is 1. The second-order valence-corrected chi connectivity index (χ2v) is 7.01. The van der Waals surface area contributed by atoms with Crippen LogP contribution in [0.4, 0.5) is 10.5 Å². The van der Waals surface area contributed by atoms with E-state index >= 15 is 0 Å². The lowest BCUT2D eigenvalue weighted by atomic mass is 9.97. The quantitative estimate of drug-likeness (QED) is 0.861. The number of carbonyl (C=O) groups is 3. The molecule has 1 saturated heterocycles. The largest absolute Gasteiger partial charge is 0.339 e. The van der Waals surface area contributed by atoms with Crippen LogP contribution in [0.3, 0.4) is 0 Å². The number of anilines is 1. The molecule has 1 aromatic rings. The van der Waals surface area contributed by atoms with E-state index in [9.17, 15) is 14.4 Å². The molecule has 0 saturated carbocycles. The Morgan fingerprint density at radius 3 is 2.52 bits per heavy atom. The lowest BCUT2D eigenvalue weighted by Gasteiger charge is -2.33. The molecule has 0 spiro atoms. The number of amides is 4. The van der Waals surface area contributed by atoms with Gasteiger partial charge < -0.3 is 20.0 Å². The van der Waals surface area contributed by atoms with E-state index in [1.807, 2.05) is 13.8 Å². The lowest BCUT2D eigenvalue weighted by Crippen LogP contribution is -2.47. The molecule has 0 radical (unpaired) electrons. The van der Waals surface area contributed by atoms with Crippen LogP contribution in [0.5, 0.6) is 0 Å². The number of likely N-dealkylation sites (tertiary alicyclic amines) is 1. The van der Waals surface area contributed by atoms with Crippen molar-refractivity contribution >= 4 is 23.5 Å². The Morgan fingerprint density at radius 2 is 1.89 bits per heavy atom. The molecule has 7 nitrogen and oxygen atoms in total. The second kappa shape index (κ2) is 9.39. The van der Waals surface area contributed by atoms with E-state index in [1.54, 1.807) is 48.2 Å². The topological polar surface area (TPSA) is 73.0 Å². The van der Waals surface area contributed by atoms with Crippen molar-refractivity contribution in [3.8, 4) is 0 Å². The van der Waals surface area contributed by atoms with Gasteiger partial charge in [0.15, 0.2) is 0 Å². The fraction of sp³-hybridized carbons (Fsp3) is 0.550. The average molecular weight is 374 g/mol. The molecule has 1 aliphatic rings. The van der Waals surface area contributed by atoms with E-state index in [1.165, 1.54) is 4.90 Å². The van der Waals surface area contributed by atoms with Gasteiger partial charge in [-0.15, -0.1) is 0 Å². The predicted octanol–water partition coefficient (Wildman–Crippen LogP) is 2.50. The van der Waals surface area contributed by atoms with Crippen molar-refractivity contribution in [2.24, 2.45) is 5.92 Å². The molecule has 1 N–H and O–H groups in total. The van der Waals surface area contributed by atoms with Crippen molar-refractivity contribution in [1.82, 2.24) is 14.7 Å². The molecule has 4 amide bonds. The molecule has 1 aromatic carbocycles. The van der Waals surface area contributed by atoms with Crippen LogP contribution in [0.1, 0.15) is 37.0 Å². The molecule has 0 unspecified atom stereocenters. The molecule has 1 aliphatic heterocycles. The van der Waals surface area contributed by atoms with Crippen molar-refractivity contribution in [1.29, 1.82) is 0 Å². The molecule has 7 heteroatoms. The smallest absolute Gasteiger partial charge is 0.319 e. The van der Waals surface area contributed by atoms with Crippen LogP contribution in [0.15, 0.2) is 24.3 Å². The minimum Gasteiger partial charge on any atom is -0.339 e. The predicted molar refractivity (Wildman–Crippen MR) is 106 cm³/mol. The normalized spacial score (nSPS) is 16.6. The first kappa shape index (κ1) is 20.7. The van der Waals surface area contributed by atoms with Crippen LogP contribution in [0.2, 0.25) is 0 Å². The Labute approximate surface area is 161 Å². The molecular formula is C20H30N4O3. The third kappa shape index (κ3) is 5.21. The monoisotopic (exact) mass is 374 g/mol. The summed E-state index contributed by atoms with van der Waals surface area (Å²) in [7, 11) is 3.43. The first-order valence-corrected chi connectivity index (χ1v) is 9.53. The van der Waals surface area contributed by atoms with Crippen LogP contribution in [-0.2, 0) is 4.79 Å². The van der Waals surface area contributed by atoms with Gasteiger partial charge in [-0.2, -0.15) is 0 Å². The third-order valence-electron chi connectivity index (χ3n) is 4.87. The first-order valence-electron chi connectivity index (χ1n) is 9.53. The number of urea groups is 1. The van der Waals surface area contributed by atoms with E-state index < -0.39 is 0 Å². The first-order chi connectivity index (χ1) is 12.9. The van der Waals surface area contributed by atoms with Crippen LogP contribution >= 0.6 is 0 Å². The van der Waals surface area contributed by atoms with Crippen molar-refractivity contribution in [2.75, 3.05) is 45.6 Å². The molecular weight excluding hydrogens is 344 g/mol. The molecule has 1 fully saturated rings. The molecule has 0 aliphatic carbocycles. The molecule has 0 aromatic heterocycles. The fourth-order valence-corrected chi connectivity index (χ4v) is 3.32. The van der Waals surface area contributed by atoms with Gasteiger partial charge in [0.05, 0.1) is 5.92 Å². The number of rotatable bonds is 5. The maximum absolute atomic E-state index is 12.7. The van der Waals surface area contributed by atoms with Crippen molar-refractivity contribution in [3.05, 3.63) is 29.8 Å². The number of nitrogens with zero attached hydrogens (tertiary/aromatic N) is 3. The fourth-order valence-electron chi connectivity index (χ4n) is 3.32. The van der Waals surface area contributed by atoms with Crippen molar-refractivity contribution in [2.45, 2.75) is 26.7 Å². The second-order valence-electron chi connectivity index (χ2n) is 7.01. The van der Waals surface area contributed by atoms with Gasteiger partial charge in [-0.3, -0.25) is 9.59 Å². The summed E-state index contributed by atoms with van der Waals surface area (Å²) in [6.45, 7) is 6.26. The number of carbonyl (C=O) groups excluding carboxylic acids is 3. The zero-order chi connectivity index (χ0) is 20.0. The highest BCUT2D eigenvalue weighted by atomic mass is 16.2. The van der Waals surface area contributed by atoms with Crippen LogP contribution in [0.25, 0.3) is 0 Å². The van der Waals surface area contributed by atoms with Gasteiger partial charge in [-0.1, -0.05) is 6.07 Å². The zero-order valence-corrected chi connectivity index (χ0v) is 16.7. The van der Waals surface area contributed by atoms with E-state index in [0.717, 1.165) is 12.8 Å². The summed E-state index contributed by atoms with van der Waals surface area (Å²) < 4.78 is 0. The summed E-state index contributed by atoms with van der Waals surface area (Å²) in [6.07, 6.45) is 1.55.